The summed E-state index contributed by atoms with van der Waals surface area (Å²) < 4.78 is 12.0. The Labute approximate surface area is 147 Å². The van der Waals surface area contributed by atoms with E-state index in [9.17, 15) is 4.79 Å². The van der Waals surface area contributed by atoms with Gasteiger partial charge in [-0.05, 0) is 58.6 Å². The second-order valence-electron chi connectivity index (χ2n) is 5.44. The van der Waals surface area contributed by atoms with Crippen LogP contribution in [0.15, 0.2) is 16.6 Å². The molecule has 1 aromatic rings. The summed E-state index contributed by atoms with van der Waals surface area (Å²) in [4.78, 5) is 14.2. The number of ether oxygens (including phenoxy) is 2. The minimum absolute atomic E-state index is 0.0102. The first-order chi connectivity index (χ1) is 11.0. The number of hydrogen-bond acceptors (Lipinski definition) is 4. The lowest BCUT2D eigenvalue weighted by molar-refractivity contribution is -0.120. The van der Waals surface area contributed by atoms with Crippen LogP contribution in [0.2, 0.25) is 0 Å². The summed E-state index contributed by atoms with van der Waals surface area (Å²) in [7, 11) is 4.04. The Balaban J connectivity index is 2.68. The molecule has 0 aliphatic heterocycles. The Kier molecular flexibility index (Phi) is 9.02. The van der Waals surface area contributed by atoms with Crippen molar-refractivity contribution in [2.45, 2.75) is 26.7 Å². The number of nitrogens with zero attached hydrogens (tertiary/aromatic N) is 1. The Bertz CT molecular complexity index is 507. The molecule has 1 N–H and O–H groups in total. The van der Waals surface area contributed by atoms with Gasteiger partial charge in [0.05, 0.1) is 19.6 Å². The van der Waals surface area contributed by atoms with Crippen LogP contribution >= 0.6 is 15.9 Å². The molecule has 1 amide bonds. The van der Waals surface area contributed by atoms with E-state index in [1.54, 1.807) is 0 Å². The molecule has 0 saturated carbocycles. The zero-order chi connectivity index (χ0) is 17.2. The fraction of sp³-hybridized carbons (Fsp3) is 0.588. The standard InChI is InChI=1S/C17H27BrN2O3/c1-5-22-15-10-13(14(18)12-16(15)23-6-2)11-17(21)19-8-7-9-20(3)4/h10,12H,5-9,11H2,1-4H3,(H,19,21). The Hall–Kier alpha value is -1.27. The average molecular weight is 387 g/mol. The number of nitrogens with one attached hydrogen (secondary N) is 1. The van der Waals surface area contributed by atoms with Crippen LogP contribution in [0.4, 0.5) is 0 Å². The lowest BCUT2D eigenvalue weighted by Gasteiger charge is -2.14. The van der Waals surface area contributed by atoms with Gasteiger partial charge in [-0.15, -0.1) is 0 Å². The highest BCUT2D eigenvalue weighted by Crippen LogP contribution is 2.34. The molecule has 0 aliphatic carbocycles. The predicted molar refractivity (Wildman–Crippen MR) is 96.4 cm³/mol. The fourth-order valence-corrected chi connectivity index (χ4v) is 2.57. The number of rotatable bonds is 10. The molecular weight excluding hydrogens is 360 g/mol. The maximum Gasteiger partial charge on any atom is 0.224 e. The van der Waals surface area contributed by atoms with Gasteiger partial charge in [-0.1, -0.05) is 15.9 Å². The summed E-state index contributed by atoms with van der Waals surface area (Å²) in [5.74, 6) is 1.38. The molecule has 1 rings (SSSR count). The van der Waals surface area contributed by atoms with Gasteiger partial charge in [-0.2, -0.15) is 0 Å². The van der Waals surface area contributed by atoms with Crippen molar-refractivity contribution < 1.29 is 14.3 Å². The molecule has 23 heavy (non-hydrogen) atoms. The zero-order valence-electron chi connectivity index (χ0n) is 14.4. The van der Waals surface area contributed by atoms with E-state index < -0.39 is 0 Å². The van der Waals surface area contributed by atoms with Gasteiger partial charge >= 0.3 is 0 Å². The van der Waals surface area contributed by atoms with Crippen LogP contribution in [0.1, 0.15) is 25.8 Å². The van der Waals surface area contributed by atoms with Crippen LogP contribution < -0.4 is 14.8 Å². The lowest BCUT2D eigenvalue weighted by atomic mass is 10.1. The number of halogens is 1. The molecule has 1 aromatic carbocycles. The van der Waals surface area contributed by atoms with Crippen LogP contribution in [0.25, 0.3) is 0 Å². The maximum absolute atomic E-state index is 12.1. The predicted octanol–water partition coefficient (Wildman–Crippen LogP) is 2.86. The Morgan fingerprint density at radius 3 is 2.35 bits per heavy atom. The lowest BCUT2D eigenvalue weighted by Crippen LogP contribution is -2.28. The van der Waals surface area contributed by atoms with Crippen molar-refractivity contribution in [2.75, 3.05) is 40.4 Å². The van der Waals surface area contributed by atoms with Crippen LogP contribution in [0.5, 0.6) is 11.5 Å². The second-order valence-corrected chi connectivity index (χ2v) is 6.29. The van der Waals surface area contributed by atoms with E-state index in [2.05, 4.69) is 26.1 Å². The van der Waals surface area contributed by atoms with E-state index in [4.69, 9.17) is 9.47 Å². The van der Waals surface area contributed by atoms with Gasteiger partial charge < -0.3 is 19.7 Å². The molecule has 6 heteroatoms. The van der Waals surface area contributed by atoms with E-state index in [1.807, 2.05) is 40.1 Å². The Morgan fingerprint density at radius 2 is 1.78 bits per heavy atom. The quantitative estimate of drug-likeness (QED) is 0.628. The molecule has 0 bridgehead atoms. The van der Waals surface area contributed by atoms with Gasteiger partial charge in [0, 0.05) is 11.0 Å². The first-order valence-electron chi connectivity index (χ1n) is 7.97. The third-order valence-electron chi connectivity index (χ3n) is 3.17. The Morgan fingerprint density at radius 1 is 1.17 bits per heavy atom. The van der Waals surface area contributed by atoms with E-state index >= 15 is 0 Å². The van der Waals surface area contributed by atoms with Crippen molar-refractivity contribution in [1.29, 1.82) is 0 Å². The molecule has 0 atom stereocenters. The summed E-state index contributed by atoms with van der Waals surface area (Å²) in [6, 6.07) is 3.74. The molecule has 0 aromatic heterocycles. The molecule has 0 aliphatic rings. The van der Waals surface area contributed by atoms with Crippen molar-refractivity contribution in [3.63, 3.8) is 0 Å². The summed E-state index contributed by atoms with van der Waals surface area (Å²) in [6.07, 6.45) is 1.25. The molecule has 0 radical (unpaired) electrons. The molecule has 0 spiro atoms. The molecule has 130 valence electrons. The summed E-state index contributed by atoms with van der Waals surface area (Å²) >= 11 is 3.51. The summed E-state index contributed by atoms with van der Waals surface area (Å²) in [5.41, 5.74) is 0.891. The van der Waals surface area contributed by atoms with Crippen molar-refractivity contribution >= 4 is 21.8 Å². The van der Waals surface area contributed by atoms with Gasteiger partial charge in [-0.3, -0.25) is 4.79 Å². The largest absolute Gasteiger partial charge is 0.490 e. The summed E-state index contributed by atoms with van der Waals surface area (Å²) in [5, 5.41) is 2.95. The van der Waals surface area contributed by atoms with E-state index in [0.29, 0.717) is 37.7 Å². The smallest absolute Gasteiger partial charge is 0.224 e. The normalized spacial score (nSPS) is 10.7. The van der Waals surface area contributed by atoms with Crippen molar-refractivity contribution in [1.82, 2.24) is 10.2 Å². The van der Waals surface area contributed by atoms with E-state index in [-0.39, 0.29) is 5.91 Å². The van der Waals surface area contributed by atoms with Crippen molar-refractivity contribution in [3.8, 4) is 11.5 Å². The van der Waals surface area contributed by atoms with Crippen LogP contribution in [0, 0.1) is 0 Å². The van der Waals surface area contributed by atoms with Gasteiger partial charge in [-0.25, -0.2) is 0 Å². The minimum atomic E-state index is 0.0102. The van der Waals surface area contributed by atoms with Crippen LogP contribution in [-0.4, -0.2) is 51.2 Å². The second kappa shape index (κ2) is 10.5. The fourth-order valence-electron chi connectivity index (χ4n) is 2.11. The van der Waals surface area contributed by atoms with Crippen molar-refractivity contribution in [2.24, 2.45) is 0 Å². The van der Waals surface area contributed by atoms with Crippen molar-refractivity contribution in [3.05, 3.63) is 22.2 Å². The number of carbonyl (C=O) groups is 1. The average Bonchev–Trinajstić information content (AvgIpc) is 2.48. The number of benzene rings is 1. The highest BCUT2D eigenvalue weighted by atomic mass is 79.9. The zero-order valence-corrected chi connectivity index (χ0v) is 16.0. The molecule has 0 fully saturated rings. The van der Waals surface area contributed by atoms with Crippen LogP contribution in [-0.2, 0) is 11.2 Å². The van der Waals surface area contributed by atoms with Gasteiger partial charge in [0.15, 0.2) is 11.5 Å². The van der Waals surface area contributed by atoms with Crippen LogP contribution in [0.3, 0.4) is 0 Å². The topological polar surface area (TPSA) is 50.8 Å². The highest BCUT2D eigenvalue weighted by molar-refractivity contribution is 9.10. The monoisotopic (exact) mass is 386 g/mol. The molecule has 0 saturated heterocycles. The first kappa shape index (κ1) is 19.8. The highest BCUT2D eigenvalue weighted by Gasteiger charge is 2.13. The van der Waals surface area contributed by atoms with E-state index in [1.165, 1.54) is 0 Å². The first-order valence-corrected chi connectivity index (χ1v) is 8.76. The molecular formula is C17H27BrN2O3. The number of amides is 1. The minimum Gasteiger partial charge on any atom is -0.490 e. The molecule has 5 nitrogen and oxygen atoms in total. The molecule has 0 unspecified atom stereocenters. The number of hydrogen-bond donors (Lipinski definition) is 1. The van der Waals surface area contributed by atoms with E-state index in [0.717, 1.165) is 23.0 Å². The summed E-state index contributed by atoms with van der Waals surface area (Å²) in [6.45, 7) is 6.62. The van der Waals surface area contributed by atoms with Gasteiger partial charge in [0.1, 0.15) is 0 Å². The molecule has 0 heterocycles. The third-order valence-corrected chi connectivity index (χ3v) is 3.91. The third kappa shape index (κ3) is 7.22. The van der Waals surface area contributed by atoms with Gasteiger partial charge in [0.2, 0.25) is 5.91 Å². The van der Waals surface area contributed by atoms with Gasteiger partial charge in [0.25, 0.3) is 0 Å². The number of carbonyl (C=O) groups excluding carboxylic acids is 1. The maximum atomic E-state index is 12.1. The SMILES string of the molecule is CCOc1cc(Br)c(CC(=O)NCCCN(C)C)cc1OCC.